The van der Waals surface area contributed by atoms with Crippen molar-refractivity contribution in [1.82, 2.24) is 24.5 Å². The second-order valence-electron chi connectivity index (χ2n) is 8.66. The van der Waals surface area contributed by atoms with Gasteiger partial charge >= 0.3 is 0 Å². The number of aromatic nitrogens is 4. The molecule has 1 atom stereocenters. The molecule has 0 spiro atoms. The minimum absolute atomic E-state index is 0.0459. The van der Waals surface area contributed by atoms with Crippen LogP contribution in [0.25, 0.3) is 21.9 Å². The van der Waals surface area contributed by atoms with Gasteiger partial charge in [-0.15, -0.1) is 11.3 Å². The first-order valence-electron chi connectivity index (χ1n) is 11.5. The first-order chi connectivity index (χ1) is 17.3. The van der Waals surface area contributed by atoms with Crippen molar-refractivity contribution in [2.75, 3.05) is 0 Å². The largest absolute Gasteiger partial charge is 0.349 e. The normalized spacial score (nSPS) is 12.1. The fourth-order valence-electron chi connectivity index (χ4n) is 4.25. The van der Waals surface area contributed by atoms with Gasteiger partial charge in [0, 0.05) is 16.8 Å². The van der Waals surface area contributed by atoms with Crippen LogP contribution in [0.4, 0.5) is 4.39 Å². The summed E-state index contributed by atoms with van der Waals surface area (Å²) in [5.41, 5.74) is 4.18. The fourth-order valence-corrected chi connectivity index (χ4v) is 5.17. The standard InChI is InChI=1S/C27H24FN5O2S/c1-16-13-23(31-33(16)21-11-9-20(28)10-12-21)25-18(3)30-27-32(26(25)35)22(15-36-27)14-24(34)29-17(2)19-7-5-4-6-8-19/h4-13,15,17H,14H2,1-3H3,(H,29,34)/t17-/m0/s1. The molecule has 2 aromatic carbocycles. The number of hydrogen-bond acceptors (Lipinski definition) is 5. The van der Waals surface area contributed by atoms with Gasteiger partial charge in [0.1, 0.15) is 11.5 Å². The molecule has 3 heterocycles. The van der Waals surface area contributed by atoms with Gasteiger partial charge in [0.15, 0.2) is 4.96 Å². The molecule has 0 aliphatic rings. The third-order valence-corrected chi connectivity index (χ3v) is 6.93. The minimum atomic E-state index is -0.334. The number of amides is 1. The number of carbonyl (C=O) groups is 1. The zero-order valence-electron chi connectivity index (χ0n) is 20.0. The minimum Gasteiger partial charge on any atom is -0.349 e. The van der Waals surface area contributed by atoms with Crippen molar-refractivity contribution in [2.24, 2.45) is 0 Å². The number of nitrogens with one attached hydrogen (secondary N) is 1. The van der Waals surface area contributed by atoms with Crippen LogP contribution in [0.5, 0.6) is 0 Å². The monoisotopic (exact) mass is 501 g/mol. The van der Waals surface area contributed by atoms with Gasteiger partial charge in [-0.25, -0.2) is 14.1 Å². The molecular weight excluding hydrogens is 477 g/mol. The summed E-state index contributed by atoms with van der Waals surface area (Å²) in [6.07, 6.45) is 0.0459. The van der Waals surface area contributed by atoms with Crippen molar-refractivity contribution in [2.45, 2.75) is 33.2 Å². The van der Waals surface area contributed by atoms with Gasteiger partial charge in [-0.2, -0.15) is 5.10 Å². The number of benzene rings is 2. The summed E-state index contributed by atoms with van der Waals surface area (Å²) < 4.78 is 16.5. The van der Waals surface area contributed by atoms with E-state index in [1.807, 2.05) is 44.2 Å². The first-order valence-corrected chi connectivity index (χ1v) is 12.4. The van der Waals surface area contributed by atoms with E-state index in [-0.39, 0.29) is 29.7 Å². The maximum atomic E-state index is 13.7. The number of halogens is 1. The number of fused-ring (bicyclic) bond motifs is 1. The zero-order valence-corrected chi connectivity index (χ0v) is 20.8. The van der Waals surface area contributed by atoms with Crippen LogP contribution in [-0.4, -0.2) is 25.1 Å². The van der Waals surface area contributed by atoms with Gasteiger partial charge < -0.3 is 5.32 Å². The summed E-state index contributed by atoms with van der Waals surface area (Å²) in [4.78, 5) is 31.6. The number of nitrogens with zero attached hydrogens (tertiary/aromatic N) is 4. The molecule has 0 aliphatic carbocycles. The second kappa shape index (κ2) is 9.50. The fraction of sp³-hybridized carbons (Fsp3) is 0.185. The van der Waals surface area contributed by atoms with Crippen LogP contribution in [0.2, 0.25) is 0 Å². The number of hydrogen-bond donors (Lipinski definition) is 1. The van der Waals surface area contributed by atoms with Crippen LogP contribution in [0.3, 0.4) is 0 Å². The van der Waals surface area contributed by atoms with Crippen molar-refractivity contribution in [3.8, 4) is 16.9 Å². The molecule has 9 heteroatoms. The molecule has 3 aromatic heterocycles. The van der Waals surface area contributed by atoms with Crippen molar-refractivity contribution in [3.05, 3.63) is 105 Å². The molecule has 0 fully saturated rings. The second-order valence-corrected chi connectivity index (χ2v) is 9.49. The molecule has 1 amide bonds. The van der Waals surface area contributed by atoms with E-state index in [1.165, 1.54) is 27.9 Å². The predicted molar refractivity (Wildman–Crippen MR) is 138 cm³/mol. The number of rotatable bonds is 6. The molecule has 5 rings (SSSR count). The number of aryl methyl sites for hydroxylation is 2. The van der Waals surface area contributed by atoms with E-state index < -0.39 is 0 Å². The highest BCUT2D eigenvalue weighted by Gasteiger charge is 2.20. The molecular formula is C27H24FN5O2S. The molecule has 0 bridgehead atoms. The lowest BCUT2D eigenvalue weighted by atomic mass is 10.1. The predicted octanol–water partition coefficient (Wildman–Crippen LogP) is 4.78. The van der Waals surface area contributed by atoms with Gasteiger partial charge in [-0.05, 0) is 56.7 Å². The molecule has 7 nitrogen and oxygen atoms in total. The van der Waals surface area contributed by atoms with Crippen LogP contribution in [0.1, 0.15) is 35.6 Å². The highest BCUT2D eigenvalue weighted by Crippen LogP contribution is 2.24. The summed E-state index contributed by atoms with van der Waals surface area (Å²) in [6, 6.07) is 17.4. The van der Waals surface area contributed by atoms with Crippen LogP contribution in [0, 0.1) is 19.7 Å². The molecule has 5 aromatic rings. The topological polar surface area (TPSA) is 81.3 Å². The summed E-state index contributed by atoms with van der Waals surface area (Å²) in [5.74, 6) is -0.517. The van der Waals surface area contributed by atoms with Crippen LogP contribution in [0.15, 0.2) is 70.8 Å². The van der Waals surface area contributed by atoms with Gasteiger partial charge in [-0.3, -0.25) is 14.0 Å². The van der Waals surface area contributed by atoms with Crippen molar-refractivity contribution in [3.63, 3.8) is 0 Å². The Morgan fingerprint density at radius 1 is 1.11 bits per heavy atom. The van der Waals surface area contributed by atoms with E-state index in [2.05, 4.69) is 15.4 Å². The Morgan fingerprint density at radius 3 is 2.56 bits per heavy atom. The molecule has 36 heavy (non-hydrogen) atoms. The lowest BCUT2D eigenvalue weighted by Crippen LogP contribution is -2.29. The average molecular weight is 502 g/mol. The molecule has 0 saturated carbocycles. The van der Waals surface area contributed by atoms with E-state index in [4.69, 9.17) is 0 Å². The summed E-state index contributed by atoms with van der Waals surface area (Å²) in [5, 5.41) is 9.41. The van der Waals surface area contributed by atoms with Crippen molar-refractivity contribution < 1.29 is 9.18 Å². The Hall–Kier alpha value is -4.11. The lowest BCUT2D eigenvalue weighted by molar-refractivity contribution is -0.121. The summed E-state index contributed by atoms with van der Waals surface area (Å²) in [7, 11) is 0. The third-order valence-electron chi connectivity index (χ3n) is 6.05. The highest BCUT2D eigenvalue weighted by atomic mass is 32.1. The smallest absolute Gasteiger partial charge is 0.268 e. The Kier molecular flexibility index (Phi) is 6.24. The van der Waals surface area contributed by atoms with Crippen LogP contribution in [-0.2, 0) is 11.2 Å². The number of carbonyl (C=O) groups excluding carboxylic acids is 1. The van der Waals surface area contributed by atoms with E-state index in [1.54, 1.807) is 35.2 Å². The zero-order chi connectivity index (χ0) is 25.4. The van der Waals surface area contributed by atoms with Gasteiger partial charge in [-0.1, -0.05) is 30.3 Å². The van der Waals surface area contributed by atoms with E-state index >= 15 is 0 Å². The maximum absolute atomic E-state index is 13.7. The van der Waals surface area contributed by atoms with E-state index in [0.29, 0.717) is 33.3 Å². The molecule has 182 valence electrons. The Balaban J connectivity index is 1.48. The average Bonchev–Trinajstić information content (AvgIpc) is 3.43. The Bertz CT molecular complexity index is 1620. The molecule has 0 aliphatic heterocycles. The van der Waals surface area contributed by atoms with Gasteiger partial charge in [0.05, 0.1) is 29.4 Å². The van der Waals surface area contributed by atoms with Gasteiger partial charge in [0.2, 0.25) is 5.91 Å². The van der Waals surface area contributed by atoms with Crippen LogP contribution >= 0.6 is 11.3 Å². The molecule has 0 saturated heterocycles. The molecule has 0 unspecified atom stereocenters. The molecule has 1 N–H and O–H groups in total. The highest BCUT2D eigenvalue weighted by molar-refractivity contribution is 7.15. The van der Waals surface area contributed by atoms with Crippen molar-refractivity contribution in [1.29, 1.82) is 0 Å². The lowest BCUT2D eigenvalue weighted by Gasteiger charge is -2.14. The van der Waals surface area contributed by atoms with Gasteiger partial charge in [0.25, 0.3) is 5.56 Å². The van der Waals surface area contributed by atoms with E-state index in [0.717, 1.165) is 11.3 Å². The summed E-state index contributed by atoms with van der Waals surface area (Å²) >= 11 is 1.32. The quantitative estimate of drug-likeness (QED) is 0.363. The first kappa shape index (κ1) is 23.6. The van der Waals surface area contributed by atoms with E-state index in [9.17, 15) is 14.0 Å². The maximum Gasteiger partial charge on any atom is 0.268 e. The van der Waals surface area contributed by atoms with Crippen molar-refractivity contribution >= 4 is 22.2 Å². The summed E-state index contributed by atoms with van der Waals surface area (Å²) in [6.45, 7) is 5.57. The SMILES string of the molecule is Cc1nc2scc(CC(=O)N[C@@H](C)c3ccccc3)n2c(=O)c1-c1cc(C)n(-c2ccc(F)cc2)n1. The third kappa shape index (κ3) is 4.45. The number of thiazole rings is 1. The Labute approximate surface area is 210 Å². The van der Waals surface area contributed by atoms with Crippen LogP contribution < -0.4 is 10.9 Å². The molecule has 0 radical (unpaired) electrons. The Morgan fingerprint density at radius 2 is 1.83 bits per heavy atom.